The fraction of sp³-hybridized carbons (Fsp3) is 0.0357. The summed E-state index contributed by atoms with van der Waals surface area (Å²) >= 11 is 6.11. The molecule has 3 heterocycles. The molecule has 40 heavy (non-hydrogen) atoms. The molecule has 3 aromatic heterocycles. The molecule has 0 fully saturated rings. The van der Waals surface area contributed by atoms with Crippen LogP contribution < -0.4 is 10.3 Å². The molecule has 6 aromatic rings. The maximum Gasteiger partial charge on any atom is 0.279 e. The van der Waals surface area contributed by atoms with Crippen molar-refractivity contribution < 1.29 is 8.42 Å². The highest BCUT2D eigenvalue weighted by Crippen LogP contribution is 2.30. The maximum atomic E-state index is 13.3. The Labute approximate surface area is 233 Å². The first-order valence-electron chi connectivity index (χ1n) is 12.0. The smallest absolute Gasteiger partial charge is 0.279 e. The summed E-state index contributed by atoms with van der Waals surface area (Å²) in [5.41, 5.74) is 3.89. The summed E-state index contributed by atoms with van der Waals surface area (Å²) in [5.74, 6) is 0.786. The molecule has 0 unspecified atom stereocenters. The Morgan fingerprint density at radius 3 is 2.33 bits per heavy atom. The minimum absolute atomic E-state index is 0.131. The van der Waals surface area contributed by atoms with E-state index in [1.807, 2.05) is 24.3 Å². The van der Waals surface area contributed by atoms with Crippen molar-refractivity contribution in [2.24, 2.45) is 0 Å². The molecular weight excluding hydrogens is 550 g/mol. The molecular formula is C28H20ClN7O3S. The molecule has 12 heteroatoms. The van der Waals surface area contributed by atoms with Gasteiger partial charge < -0.3 is 4.98 Å². The van der Waals surface area contributed by atoms with Crippen molar-refractivity contribution in [1.82, 2.24) is 29.5 Å². The monoisotopic (exact) mass is 569 g/mol. The van der Waals surface area contributed by atoms with E-state index >= 15 is 0 Å². The molecule has 198 valence electrons. The number of sulfonamides is 1. The molecule has 0 saturated carbocycles. The summed E-state index contributed by atoms with van der Waals surface area (Å²) in [6.45, 7) is 0. The summed E-state index contributed by atoms with van der Waals surface area (Å²) in [5, 5.41) is 0.550. The molecule has 0 saturated heterocycles. The number of aromatic nitrogens is 6. The zero-order chi connectivity index (χ0) is 27.9. The van der Waals surface area contributed by atoms with Crippen molar-refractivity contribution in [3.05, 3.63) is 107 Å². The predicted octanol–water partition coefficient (Wildman–Crippen LogP) is 4.92. The number of fused-ring (bicyclic) bond motifs is 1. The number of imidazole rings is 1. The molecule has 0 bridgehead atoms. The van der Waals surface area contributed by atoms with Gasteiger partial charge in [0, 0.05) is 34.1 Å². The van der Waals surface area contributed by atoms with Gasteiger partial charge in [-0.3, -0.25) is 24.1 Å². The van der Waals surface area contributed by atoms with Crippen molar-refractivity contribution in [1.29, 1.82) is 0 Å². The second-order valence-electron chi connectivity index (χ2n) is 8.96. The summed E-state index contributed by atoms with van der Waals surface area (Å²) in [6.07, 6.45) is 5.98. The van der Waals surface area contributed by atoms with Crippen molar-refractivity contribution in [3.63, 3.8) is 0 Å². The highest BCUT2D eigenvalue weighted by atomic mass is 35.5. The first-order chi connectivity index (χ1) is 19.2. The second kappa shape index (κ2) is 10.0. The van der Waals surface area contributed by atoms with Crippen LogP contribution in [-0.2, 0) is 10.0 Å². The number of nitrogens with one attached hydrogen (secondary N) is 2. The number of nitrogens with zero attached hydrogens (tertiary/aromatic N) is 5. The third-order valence-electron chi connectivity index (χ3n) is 6.05. The Kier molecular flexibility index (Phi) is 6.37. The van der Waals surface area contributed by atoms with Gasteiger partial charge in [0.2, 0.25) is 10.0 Å². The van der Waals surface area contributed by atoms with E-state index < -0.39 is 15.6 Å². The van der Waals surface area contributed by atoms with Crippen LogP contribution in [0.3, 0.4) is 0 Å². The van der Waals surface area contributed by atoms with Crippen LogP contribution in [0.4, 0.5) is 5.69 Å². The van der Waals surface area contributed by atoms with Crippen LogP contribution >= 0.6 is 11.6 Å². The van der Waals surface area contributed by atoms with E-state index in [1.165, 1.54) is 0 Å². The van der Waals surface area contributed by atoms with Crippen molar-refractivity contribution in [2.75, 3.05) is 11.0 Å². The first-order valence-corrected chi connectivity index (χ1v) is 14.3. The lowest BCUT2D eigenvalue weighted by molar-refractivity contribution is 0.607. The Hall–Kier alpha value is -4.87. The molecule has 2 N–H and O–H groups in total. The van der Waals surface area contributed by atoms with Crippen molar-refractivity contribution >= 4 is 38.5 Å². The Balaban J connectivity index is 1.54. The minimum Gasteiger partial charge on any atom is -0.305 e. The lowest BCUT2D eigenvalue weighted by Crippen LogP contribution is -2.11. The average Bonchev–Trinajstić information content (AvgIpc) is 3.33. The number of halogens is 1. The van der Waals surface area contributed by atoms with Gasteiger partial charge in [0.05, 0.1) is 29.5 Å². The molecule has 0 atom stereocenters. The SMILES string of the molecule is CS(=O)(=O)Nc1cccc(-n2c(-c3ccc(Cl)cc3)nc3c(=O)[nH]c(-c4ccc(-c5cnccn5)cc4)nc32)c1. The van der Waals surface area contributed by atoms with Gasteiger partial charge in [-0.15, -0.1) is 0 Å². The van der Waals surface area contributed by atoms with Gasteiger partial charge in [0.1, 0.15) is 11.6 Å². The Morgan fingerprint density at radius 1 is 0.900 bits per heavy atom. The van der Waals surface area contributed by atoms with E-state index in [2.05, 4.69) is 24.7 Å². The molecule has 0 aliphatic carbocycles. The van der Waals surface area contributed by atoms with Gasteiger partial charge in [-0.25, -0.2) is 18.4 Å². The zero-order valence-electron chi connectivity index (χ0n) is 20.9. The third-order valence-corrected chi connectivity index (χ3v) is 6.90. The quantitative estimate of drug-likeness (QED) is 0.290. The van der Waals surface area contributed by atoms with Gasteiger partial charge in [0.25, 0.3) is 5.56 Å². The number of H-pyrrole nitrogens is 1. The van der Waals surface area contributed by atoms with Crippen LogP contribution in [0, 0.1) is 0 Å². The van der Waals surface area contributed by atoms with Crippen LogP contribution in [0.2, 0.25) is 5.02 Å². The van der Waals surface area contributed by atoms with Gasteiger partial charge in [0.15, 0.2) is 11.2 Å². The Bertz CT molecular complexity index is 2020. The molecule has 0 spiro atoms. The third kappa shape index (κ3) is 5.07. The predicted molar refractivity (Wildman–Crippen MR) is 155 cm³/mol. The highest BCUT2D eigenvalue weighted by molar-refractivity contribution is 7.92. The van der Waals surface area contributed by atoms with Gasteiger partial charge in [-0.2, -0.15) is 0 Å². The summed E-state index contributed by atoms with van der Waals surface area (Å²) in [6, 6.07) is 21.2. The average molecular weight is 570 g/mol. The van der Waals surface area contributed by atoms with Gasteiger partial charge in [-0.1, -0.05) is 41.9 Å². The highest BCUT2D eigenvalue weighted by Gasteiger charge is 2.20. The number of rotatable bonds is 6. The maximum absolute atomic E-state index is 13.3. The first kappa shape index (κ1) is 25.4. The van der Waals surface area contributed by atoms with Crippen molar-refractivity contribution in [3.8, 4) is 39.7 Å². The number of benzene rings is 3. The molecule has 6 rings (SSSR count). The van der Waals surface area contributed by atoms with E-state index in [0.717, 1.165) is 17.5 Å². The minimum atomic E-state index is -3.51. The molecule has 0 radical (unpaired) electrons. The molecule has 10 nitrogen and oxygen atoms in total. The number of aromatic amines is 1. The largest absolute Gasteiger partial charge is 0.305 e. The lowest BCUT2D eigenvalue weighted by Gasteiger charge is -2.12. The summed E-state index contributed by atoms with van der Waals surface area (Å²) in [7, 11) is -3.51. The molecule has 0 aliphatic rings. The Morgan fingerprint density at radius 2 is 1.62 bits per heavy atom. The normalized spacial score (nSPS) is 11.6. The molecule has 3 aromatic carbocycles. The van der Waals surface area contributed by atoms with Gasteiger partial charge in [-0.05, 0) is 42.5 Å². The van der Waals surface area contributed by atoms with Crippen molar-refractivity contribution in [2.45, 2.75) is 0 Å². The zero-order valence-corrected chi connectivity index (χ0v) is 22.5. The van der Waals surface area contributed by atoms with E-state index in [0.29, 0.717) is 44.8 Å². The van der Waals surface area contributed by atoms with Crippen LogP contribution in [0.25, 0.3) is 50.9 Å². The standard InChI is InChI=1S/C28H20ClN7O3S/c1-40(38,39)35-21-3-2-4-22(15-21)36-26(19-9-11-20(29)12-10-19)32-24-27(36)33-25(34-28(24)37)18-7-5-17(6-8-18)23-16-30-13-14-31-23/h2-16,35H,1H3,(H,33,34,37). The van der Waals surface area contributed by atoms with E-state index in [4.69, 9.17) is 16.6 Å². The van der Waals surface area contributed by atoms with Crippen LogP contribution in [0.1, 0.15) is 0 Å². The summed E-state index contributed by atoms with van der Waals surface area (Å²) in [4.78, 5) is 34.0. The fourth-order valence-corrected chi connectivity index (χ4v) is 4.99. The van der Waals surface area contributed by atoms with Crippen LogP contribution in [-0.4, -0.2) is 44.2 Å². The molecule has 0 aliphatic heterocycles. The van der Waals surface area contributed by atoms with E-state index in [1.54, 1.807) is 71.7 Å². The fourth-order valence-electron chi connectivity index (χ4n) is 4.31. The second-order valence-corrected chi connectivity index (χ2v) is 11.1. The molecule has 0 amide bonds. The van der Waals surface area contributed by atoms with Crippen LogP contribution in [0.15, 0.2) is 96.2 Å². The van der Waals surface area contributed by atoms with Crippen LogP contribution in [0.5, 0.6) is 0 Å². The summed E-state index contributed by atoms with van der Waals surface area (Å²) < 4.78 is 28.0. The van der Waals surface area contributed by atoms with E-state index in [9.17, 15) is 13.2 Å². The number of hydrogen-bond acceptors (Lipinski definition) is 7. The van der Waals surface area contributed by atoms with Gasteiger partial charge >= 0.3 is 0 Å². The number of hydrogen-bond donors (Lipinski definition) is 2. The topological polar surface area (TPSA) is 136 Å². The number of anilines is 1. The lowest BCUT2D eigenvalue weighted by atomic mass is 10.1. The van der Waals surface area contributed by atoms with E-state index in [-0.39, 0.29) is 5.52 Å².